The van der Waals surface area contributed by atoms with E-state index in [-0.39, 0.29) is 0 Å². The number of alkyl halides is 13. The summed E-state index contributed by atoms with van der Waals surface area (Å²) in [6, 6.07) is 0. The van der Waals surface area contributed by atoms with Crippen LogP contribution in [0.25, 0.3) is 0 Å². The lowest BCUT2D eigenvalue weighted by Crippen LogP contribution is -2.66. The van der Waals surface area contributed by atoms with E-state index in [1.54, 1.807) is 0 Å². The molecule has 0 saturated heterocycles. The molecule has 0 amide bonds. The summed E-state index contributed by atoms with van der Waals surface area (Å²) in [4.78, 5) is -1.63. The third kappa shape index (κ3) is 4.06. The summed E-state index contributed by atoms with van der Waals surface area (Å²) in [5.41, 5.74) is -2.61. The van der Waals surface area contributed by atoms with Gasteiger partial charge in [0.25, 0.3) is 0 Å². The first-order chi connectivity index (χ1) is 7.94. The van der Waals surface area contributed by atoms with Crippen molar-refractivity contribution >= 4 is 151 Å². The predicted octanol–water partition coefficient (Wildman–Crippen LogP) is 8.06. The Kier molecular flexibility index (Phi) is 8.32. The van der Waals surface area contributed by atoms with Gasteiger partial charge in [0.2, 0.25) is 11.4 Å². The van der Waals surface area contributed by atoms with Crippen LogP contribution >= 0.6 is 151 Å². The van der Waals surface area contributed by atoms with E-state index in [1.807, 2.05) is 0 Å². The van der Waals surface area contributed by atoms with E-state index < -0.39 is 26.0 Å². The quantitative estimate of drug-likeness (QED) is 0.315. The van der Waals surface area contributed by atoms with E-state index >= 15 is 0 Å². The van der Waals surface area contributed by atoms with Crippen molar-refractivity contribution in [2.75, 3.05) is 0 Å². The highest BCUT2D eigenvalue weighted by Crippen LogP contribution is 2.74. The first-order valence-electron chi connectivity index (χ1n) is 3.80. The highest BCUT2D eigenvalue weighted by molar-refractivity contribution is 6.80. The molecule has 0 saturated carbocycles. The highest BCUT2D eigenvalue weighted by atomic mass is 35.6. The second-order valence-electron chi connectivity index (χ2n) is 3.17. The molecule has 0 N–H and O–H groups in total. The fourth-order valence-electron chi connectivity index (χ4n) is 1.21. The van der Waals surface area contributed by atoms with E-state index in [0.29, 0.717) is 0 Å². The van der Waals surface area contributed by atoms with Crippen LogP contribution in [0.2, 0.25) is 0 Å². The molecule has 0 spiro atoms. The van der Waals surface area contributed by atoms with Crippen LogP contribution in [0.5, 0.6) is 0 Å². The summed E-state index contributed by atoms with van der Waals surface area (Å²) in [5.74, 6) is 0. The minimum atomic E-state index is -2.61. The Hall–Kier alpha value is 3.77. The van der Waals surface area contributed by atoms with Crippen LogP contribution in [0.3, 0.4) is 0 Å². The molecule has 0 rings (SSSR count). The minimum Gasteiger partial charge on any atom is -0.102 e. The molecule has 0 aliphatic carbocycles. The van der Waals surface area contributed by atoms with Crippen molar-refractivity contribution in [3.63, 3.8) is 0 Å². The molecule has 0 aliphatic heterocycles. The summed E-state index contributed by atoms with van der Waals surface area (Å²) in [6.45, 7) is 0. The lowest BCUT2D eigenvalue weighted by Gasteiger charge is -2.54. The second-order valence-corrected chi connectivity index (χ2v) is 12.5. The molecule has 0 unspecified atom stereocenters. The van der Waals surface area contributed by atoms with Crippen molar-refractivity contribution in [2.45, 2.75) is 20.5 Å². The first-order valence-corrected chi connectivity index (χ1v) is 8.83. The summed E-state index contributed by atoms with van der Waals surface area (Å²) in [5, 5.41) is 0. The highest BCUT2D eigenvalue weighted by Gasteiger charge is 2.80. The lowest BCUT2D eigenvalue weighted by atomic mass is 9.88. The van der Waals surface area contributed by atoms with Gasteiger partial charge in [-0.1, -0.05) is 128 Å². The minimum absolute atomic E-state index is 1.63. The SMILES string of the molecule is ClC(Cl)C(Cl)(Cl)C(C(Cl)(Cl)Cl)(C(Cl)(Cl)Cl)C(Cl)(Cl)Cl. The molecule has 0 aliphatic rings. The van der Waals surface area contributed by atoms with Gasteiger partial charge in [-0.2, -0.15) is 0 Å². The monoisotopic (exact) mass is 528 g/mol. The van der Waals surface area contributed by atoms with E-state index in [0.717, 1.165) is 0 Å². The van der Waals surface area contributed by atoms with Gasteiger partial charge < -0.3 is 0 Å². The van der Waals surface area contributed by atoms with Gasteiger partial charge in [0.1, 0.15) is 10.3 Å². The zero-order chi connectivity index (χ0) is 16.1. The van der Waals surface area contributed by atoms with Gasteiger partial charge in [-0.25, -0.2) is 0 Å². The van der Waals surface area contributed by atoms with Crippen LogP contribution in [0, 0.1) is 5.41 Å². The van der Waals surface area contributed by atoms with Gasteiger partial charge in [-0.3, -0.25) is 0 Å². The number of hydrogen-bond donors (Lipinski definition) is 0. The largest absolute Gasteiger partial charge is 0.207 e. The van der Waals surface area contributed by atoms with Crippen molar-refractivity contribution in [3.05, 3.63) is 0 Å². The van der Waals surface area contributed by atoms with E-state index in [1.165, 1.54) is 0 Å². The van der Waals surface area contributed by atoms with Gasteiger partial charge in [0.05, 0.1) is 0 Å². The van der Waals surface area contributed by atoms with Crippen molar-refractivity contribution in [3.8, 4) is 0 Å². The lowest BCUT2D eigenvalue weighted by molar-refractivity contribution is 0.267. The molecule has 0 aromatic carbocycles. The smallest absolute Gasteiger partial charge is 0.102 e. The van der Waals surface area contributed by atoms with E-state index in [2.05, 4.69) is 0 Å². The molecule has 116 valence electrons. The molecule has 0 aromatic rings. The number of halogens is 13. The molecule has 0 nitrogen and oxygen atoms in total. The Labute approximate surface area is 175 Å². The summed E-state index contributed by atoms with van der Waals surface area (Å²) in [6.07, 6.45) is 0. The van der Waals surface area contributed by atoms with Gasteiger partial charge in [-0.15, -0.1) is 23.2 Å². The summed E-state index contributed by atoms with van der Waals surface area (Å²) in [7, 11) is 0. The fraction of sp³-hybridized carbons (Fsp3) is 1.00. The topological polar surface area (TPSA) is 0 Å². The van der Waals surface area contributed by atoms with Crippen LogP contribution in [-0.4, -0.2) is 20.5 Å². The summed E-state index contributed by atoms with van der Waals surface area (Å²) < 4.78 is -10.1. The van der Waals surface area contributed by atoms with Crippen LogP contribution in [0.4, 0.5) is 0 Å². The average molecular weight is 534 g/mol. The normalized spacial score (nSPS) is 16.1. The number of hydrogen-bond acceptors (Lipinski definition) is 0. The van der Waals surface area contributed by atoms with Crippen LogP contribution in [-0.2, 0) is 0 Å². The van der Waals surface area contributed by atoms with Gasteiger partial charge >= 0.3 is 0 Å². The molecule has 19 heavy (non-hydrogen) atoms. The van der Waals surface area contributed by atoms with E-state index in [9.17, 15) is 0 Å². The maximum absolute atomic E-state index is 5.99. The Morgan fingerprint density at radius 3 is 0.737 bits per heavy atom. The van der Waals surface area contributed by atoms with Crippen molar-refractivity contribution in [1.82, 2.24) is 0 Å². The molecule has 13 heteroatoms. The Morgan fingerprint density at radius 1 is 0.474 bits per heavy atom. The van der Waals surface area contributed by atoms with E-state index in [4.69, 9.17) is 151 Å². The second kappa shape index (κ2) is 6.95. The van der Waals surface area contributed by atoms with Crippen LogP contribution in [0.15, 0.2) is 0 Å². The molecule has 0 fully saturated rings. The van der Waals surface area contributed by atoms with Crippen LogP contribution in [0.1, 0.15) is 0 Å². The predicted molar refractivity (Wildman–Crippen MR) is 93.2 cm³/mol. The van der Waals surface area contributed by atoms with Crippen molar-refractivity contribution < 1.29 is 0 Å². The van der Waals surface area contributed by atoms with Crippen LogP contribution < -0.4 is 0 Å². The van der Waals surface area contributed by atoms with Gasteiger partial charge in [0.15, 0.2) is 4.33 Å². The molecular formula is C6HCl13. The maximum atomic E-state index is 5.99. The molecule has 0 heterocycles. The van der Waals surface area contributed by atoms with Gasteiger partial charge in [-0.05, 0) is 0 Å². The Balaban J connectivity index is 6.63. The molecule has 0 bridgehead atoms. The van der Waals surface area contributed by atoms with Gasteiger partial charge in [0, 0.05) is 0 Å². The zero-order valence-electron chi connectivity index (χ0n) is 7.99. The molecule has 0 aromatic heterocycles. The third-order valence-electron chi connectivity index (χ3n) is 2.05. The Morgan fingerprint density at radius 2 is 0.684 bits per heavy atom. The molecular weight excluding hydrogens is 533 g/mol. The standard InChI is InChI=1S/C6HCl13/c7-1(8)2(9,10)3(4(11,12)13,5(14,15)16)6(17,18)19/h1H. The molecule has 0 atom stereocenters. The average Bonchev–Trinajstić information content (AvgIpc) is 1.92. The molecule has 0 radical (unpaired) electrons. The number of rotatable bonds is 2. The maximum Gasteiger partial charge on any atom is 0.207 e. The third-order valence-corrected chi connectivity index (χ3v) is 6.71. The zero-order valence-corrected chi connectivity index (χ0v) is 17.8. The summed E-state index contributed by atoms with van der Waals surface area (Å²) >= 11 is 75.4. The van der Waals surface area contributed by atoms with Crippen molar-refractivity contribution in [1.29, 1.82) is 0 Å². The fourth-order valence-corrected chi connectivity index (χ4v) is 8.46. The first kappa shape index (κ1) is 22.8. The Bertz CT molecular complexity index is 277. The van der Waals surface area contributed by atoms with Crippen molar-refractivity contribution in [2.24, 2.45) is 5.41 Å².